The quantitative estimate of drug-likeness (QED) is 0.651. The number of carbonyl (C=O) groups is 2. The Labute approximate surface area is 137 Å². The molecule has 114 valence electrons. The highest BCUT2D eigenvalue weighted by Crippen LogP contribution is 2.13. The van der Waals surface area contributed by atoms with Gasteiger partial charge in [0.25, 0.3) is 11.8 Å². The molecule has 1 heterocycles. The Kier molecular flexibility index (Phi) is 5.16. The van der Waals surface area contributed by atoms with Crippen LogP contribution in [-0.2, 0) is 11.8 Å². The first-order valence-corrected chi connectivity index (χ1v) is 7.42. The molecule has 0 aliphatic carbocycles. The Morgan fingerprint density at radius 2 is 1.86 bits per heavy atom. The normalized spacial score (nSPS) is 10.7. The zero-order valence-electron chi connectivity index (χ0n) is 12.3. The molecule has 0 aliphatic rings. The van der Waals surface area contributed by atoms with E-state index in [0.717, 1.165) is 15.6 Å². The molecule has 0 spiro atoms. The summed E-state index contributed by atoms with van der Waals surface area (Å²) in [5.74, 6) is -0.785. The molecule has 5 nitrogen and oxygen atoms in total. The molecule has 1 aromatic heterocycles. The lowest BCUT2D eigenvalue weighted by Gasteiger charge is -2.05. The summed E-state index contributed by atoms with van der Waals surface area (Å²) < 4.78 is 2.46. The summed E-state index contributed by atoms with van der Waals surface area (Å²) in [6.45, 7) is 2.00. The number of hydrogen-bond acceptors (Lipinski definition) is 2. The van der Waals surface area contributed by atoms with Gasteiger partial charge in [0, 0.05) is 23.8 Å². The van der Waals surface area contributed by atoms with Crippen molar-refractivity contribution in [2.45, 2.75) is 6.92 Å². The van der Waals surface area contributed by atoms with Crippen LogP contribution in [0.2, 0.25) is 0 Å². The number of amides is 2. The minimum absolute atomic E-state index is 0.384. The molecule has 0 atom stereocenters. The summed E-state index contributed by atoms with van der Waals surface area (Å²) in [4.78, 5) is 23.6. The maximum atomic E-state index is 11.9. The molecule has 0 saturated carbocycles. The van der Waals surface area contributed by atoms with Gasteiger partial charge < -0.3 is 4.57 Å². The first-order valence-electron chi connectivity index (χ1n) is 6.62. The minimum atomic E-state index is -0.401. The molecule has 6 heteroatoms. The fraction of sp³-hybridized carbons (Fsp3) is 0.125. The number of benzene rings is 1. The third kappa shape index (κ3) is 4.33. The molecule has 0 saturated heterocycles. The van der Waals surface area contributed by atoms with Crippen molar-refractivity contribution in [3.05, 3.63) is 63.9 Å². The van der Waals surface area contributed by atoms with Gasteiger partial charge in [0.1, 0.15) is 5.69 Å². The van der Waals surface area contributed by atoms with Gasteiger partial charge in [-0.05, 0) is 40.6 Å². The predicted molar refractivity (Wildman–Crippen MR) is 88.9 cm³/mol. The SMILES string of the molecule is Cc1ccc(/C=C/C(=O)NNC(=O)c2cc(Br)cn2C)cc1. The van der Waals surface area contributed by atoms with E-state index in [4.69, 9.17) is 0 Å². The topological polar surface area (TPSA) is 63.1 Å². The fourth-order valence-electron chi connectivity index (χ4n) is 1.82. The first-order chi connectivity index (χ1) is 10.5. The van der Waals surface area contributed by atoms with Gasteiger partial charge in [-0.3, -0.25) is 20.4 Å². The molecule has 0 radical (unpaired) electrons. The molecule has 2 rings (SSSR count). The largest absolute Gasteiger partial charge is 0.345 e. The van der Waals surface area contributed by atoms with E-state index in [1.165, 1.54) is 6.08 Å². The Hall–Kier alpha value is -2.34. The number of rotatable bonds is 3. The van der Waals surface area contributed by atoms with Crippen molar-refractivity contribution in [1.29, 1.82) is 0 Å². The average molecular weight is 362 g/mol. The molecule has 0 aliphatic heterocycles. The van der Waals surface area contributed by atoms with Gasteiger partial charge in [-0.25, -0.2) is 0 Å². The van der Waals surface area contributed by atoms with Crippen LogP contribution in [0.4, 0.5) is 0 Å². The smallest absolute Gasteiger partial charge is 0.286 e. The molecule has 2 N–H and O–H groups in total. The first kappa shape index (κ1) is 16.0. The van der Waals surface area contributed by atoms with Crippen molar-refractivity contribution < 1.29 is 9.59 Å². The zero-order chi connectivity index (χ0) is 16.1. The molecular weight excluding hydrogens is 346 g/mol. The second-order valence-electron chi connectivity index (χ2n) is 4.84. The van der Waals surface area contributed by atoms with Crippen molar-refractivity contribution in [3.63, 3.8) is 0 Å². The third-order valence-electron chi connectivity index (χ3n) is 3.01. The predicted octanol–water partition coefficient (Wildman–Crippen LogP) is 2.57. The van der Waals surface area contributed by atoms with Crippen LogP contribution in [0.25, 0.3) is 6.08 Å². The number of hydrogen-bond donors (Lipinski definition) is 2. The molecular formula is C16H16BrN3O2. The summed E-state index contributed by atoms with van der Waals surface area (Å²) in [5, 5.41) is 0. The number of nitrogens with zero attached hydrogens (tertiary/aromatic N) is 1. The third-order valence-corrected chi connectivity index (χ3v) is 3.44. The summed E-state index contributed by atoms with van der Waals surface area (Å²) >= 11 is 3.29. The van der Waals surface area contributed by atoms with Crippen LogP contribution in [0.1, 0.15) is 21.6 Å². The van der Waals surface area contributed by atoms with Crippen molar-refractivity contribution >= 4 is 33.8 Å². The van der Waals surface area contributed by atoms with Gasteiger partial charge >= 0.3 is 0 Å². The molecule has 0 unspecified atom stereocenters. The van der Waals surface area contributed by atoms with Gasteiger partial charge in [-0.1, -0.05) is 29.8 Å². The number of aryl methyl sites for hydroxylation is 2. The van der Waals surface area contributed by atoms with Crippen LogP contribution in [0.5, 0.6) is 0 Å². The van der Waals surface area contributed by atoms with Crippen molar-refractivity contribution in [2.75, 3.05) is 0 Å². The molecule has 1 aromatic carbocycles. The molecule has 0 bridgehead atoms. The maximum absolute atomic E-state index is 11.9. The Balaban J connectivity index is 1.88. The lowest BCUT2D eigenvalue weighted by atomic mass is 10.1. The van der Waals surface area contributed by atoms with E-state index in [1.54, 1.807) is 30.0 Å². The van der Waals surface area contributed by atoms with Crippen molar-refractivity contribution in [2.24, 2.45) is 7.05 Å². The van der Waals surface area contributed by atoms with E-state index in [-0.39, 0.29) is 5.91 Å². The second kappa shape index (κ2) is 7.09. The van der Waals surface area contributed by atoms with E-state index < -0.39 is 5.91 Å². The molecule has 2 amide bonds. The lowest BCUT2D eigenvalue weighted by molar-refractivity contribution is -0.117. The number of nitrogens with one attached hydrogen (secondary N) is 2. The van der Waals surface area contributed by atoms with E-state index >= 15 is 0 Å². The zero-order valence-corrected chi connectivity index (χ0v) is 13.8. The summed E-state index contributed by atoms with van der Waals surface area (Å²) in [6.07, 6.45) is 4.81. The Bertz CT molecular complexity index is 717. The van der Waals surface area contributed by atoms with Gasteiger partial charge in [0.05, 0.1) is 0 Å². The average Bonchev–Trinajstić information content (AvgIpc) is 2.83. The minimum Gasteiger partial charge on any atom is -0.345 e. The van der Waals surface area contributed by atoms with E-state index in [2.05, 4.69) is 26.8 Å². The van der Waals surface area contributed by atoms with Crippen molar-refractivity contribution in [1.82, 2.24) is 15.4 Å². The standard InChI is InChI=1S/C16H16BrN3O2/c1-11-3-5-12(6-4-11)7-8-15(21)18-19-16(22)14-9-13(17)10-20(14)2/h3-10H,1-2H3,(H,18,21)(H,19,22)/b8-7+. The van der Waals surface area contributed by atoms with Crippen LogP contribution in [-0.4, -0.2) is 16.4 Å². The van der Waals surface area contributed by atoms with Crippen LogP contribution < -0.4 is 10.9 Å². The van der Waals surface area contributed by atoms with Crippen LogP contribution in [0, 0.1) is 6.92 Å². The van der Waals surface area contributed by atoms with E-state index in [0.29, 0.717) is 5.69 Å². The fourth-order valence-corrected chi connectivity index (χ4v) is 2.35. The maximum Gasteiger partial charge on any atom is 0.286 e. The number of hydrazine groups is 1. The monoisotopic (exact) mass is 361 g/mol. The summed E-state index contributed by atoms with van der Waals surface area (Å²) in [7, 11) is 1.75. The lowest BCUT2D eigenvalue weighted by Crippen LogP contribution is -2.41. The summed E-state index contributed by atoms with van der Waals surface area (Å²) in [6, 6.07) is 9.43. The number of carbonyl (C=O) groups excluding carboxylic acids is 2. The van der Waals surface area contributed by atoms with E-state index in [9.17, 15) is 9.59 Å². The molecule has 22 heavy (non-hydrogen) atoms. The van der Waals surface area contributed by atoms with Crippen LogP contribution >= 0.6 is 15.9 Å². The Morgan fingerprint density at radius 3 is 2.45 bits per heavy atom. The second-order valence-corrected chi connectivity index (χ2v) is 5.76. The highest BCUT2D eigenvalue weighted by atomic mass is 79.9. The highest BCUT2D eigenvalue weighted by molar-refractivity contribution is 9.10. The van der Waals surface area contributed by atoms with Gasteiger partial charge in [0.15, 0.2) is 0 Å². The number of halogens is 1. The van der Waals surface area contributed by atoms with Crippen LogP contribution in [0.15, 0.2) is 47.1 Å². The van der Waals surface area contributed by atoms with Gasteiger partial charge in [0.2, 0.25) is 0 Å². The molecule has 0 fully saturated rings. The van der Waals surface area contributed by atoms with Gasteiger partial charge in [-0.2, -0.15) is 0 Å². The molecule has 2 aromatic rings. The number of aromatic nitrogens is 1. The van der Waals surface area contributed by atoms with Gasteiger partial charge in [-0.15, -0.1) is 0 Å². The summed E-state index contributed by atoms with van der Waals surface area (Å²) in [5.41, 5.74) is 7.22. The highest BCUT2D eigenvalue weighted by Gasteiger charge is 2.10. The van der Waals surface area contributed by atoms with Crippen LogP contribution in [0.3, 0.4) is 0 Å². The van der Waals surface area contributed by atoms with E-state index in [1.807, 2.05) is 31.2 Å². The Morgan fingerprint density at radius 1 is 1.18 bits per heavy atom. The van der Waals surface area contributed by atoms with Crippen molar-refractivity contribution in [3.8, 4) is 0 Å².